The van der Waals surface area contributed by atoms with Gasteiger partial charge in [0.15, 0.2) is 32.2 Å². The Kier molecular flexibility index (Phi) is 3.53. The van der Waals surface area contributed by atoms with Crippen LogP contribution in [0.3, 0.4) is 0 Å². The number of imidazole rings is 1. The van der Waals surface area contributed by atoms with Crippen molar-refractivity contribution in [3.05, 3.63) is 24.2 Å². The number of carboxylic acids is 1. The minimum atomic E-state index is -3.73. The number of aromatic carboxylic acids is 1. The Bertz CT molecular complexity index is 752. The second-order valence-corrected chi connectivity index (χ2v) is 6.12. The van der Waals surface area contributed by atoms with Gasteiger partial charge in [0.1, 0.15) is 0 Å². The minimum Gasteiger partial charge on any atom is -0.476 e. The molecule has 20 heavy (non-hydrogen) atoms. The SMILES string of the molecule is CCS(=O)(=O)c1c(C(=O)O)nc(-c2ncccn2)n1C. The average Bonchev–Trinajstić information content (AvgIpc) is 2.78. The van der Waals surface area contributed by atoms with E-state index in [1.54, 1.807) is 6.07 Å². The number of hydrogen-bond donors (Lipinski definition) is 1. The average molecular weight is 296 g/mol. The van der Waals surface area contributed by atoms with E-state index in [-0.39, 0.29) is 22.4 Å². The predicted molar refractivity (Wildman–Crippen MR) is 68.9 cm³/mol. The van der Waals surface area contributed by atoms with Crippen LogP contribution in [-0.2, 0) is 16.9 Å². The van der Waals surface area contributed by atoms with Gasteiger partial charge in [-0.25, -0.2) is 28.2 Å². The van der Waals surface area contributed by atoms with Crippen molar-refractivity contribution in [1.29, 1.82) is 0 Å². The van der Waals surface area contributed by atoms with Gasteiger partial charge in [-0.05, 0) is 6.07 Å². The zero-order valence-electron chi connectivity index (χ0n) is 10.8. The molecule has 1 N–H and O–H groups in total. The molecule has 0 aliphatic rings. The fourth-order valence-corrected chi connectivity index (χ4v) is 2.93. The Hall–Kier alpha value is -2.29. The van der Waals surface area contributed by atoms with Crippen molar-refractivity contribution >= 4 is 15.8 Å². The highest BCUT2D eigenvalue weighted by molar-refractivity contribution is 7.91. The summed E-state index contributed by atoms with van der Waals surface area (Å²) >= 11 is 0. The fourth-order valence-electron chi connectivity index (χ4n) is 1.73. The van der Waals surface area contributed by atoms with E-state index in [0.717, 1.165) is 0 Å². The molecule has 0 bridgehead atoms. The summed E-state index contributed by atoms with van der Waals surface area (Å²) in [6.07, 6.45) is 2.93. The van der Waals surface area contributed by atoms with Crippen molar-refractivity contribution in [2.45, 2.75) is 11.9 Å². The molecule has 9 heteroatoms. The van der Waals surface area contributed by atoms with Crippen LogP contribution in [0.1, 0.15) is 17.4 Å². The van der Waals surface area contributed by atoms with Crippen LogP contribution in [0.4, 0.5) is 0 Å². The first-order valence-electron chi connectivity index (χ1n) is 5.68. The molecule has 0 aromatic carbocycles. The molecule has 0 unspecified atom stereocenters. The molecule has 0 spiro atoms. The van der Waals surface area contributed by atoms with E-state index in [0.29, 0.717) is 0 Å². The van der Waals surface area contributed by atoms with Crippen LogP contribution >= 0.6 is 0 Å². The normalized spacial score (nSPS) is 11.5. The molecule has 0 fully saturated rings. The van der Waals surface area contributed by atoms with Crippen molar-refractivity contribution in [1.82, 2.24) is 19.5 Å². The summed E-state index contributed by atoms with van der Waals surface area (Å²) in [6.45, 7) is 1.44. The van der Waals surface area contributed by atoms with Crippen LogP contribution in [0, 0.1) is 0 Å². The quantitative estimate of drug-likeness (QED) is 0.866. The molecule has 0 saturated carbocycles. The highest BCUT2D eigenvalue weighted by atomic mass is 32.2. The molecule has 106 valence electrons. The maximum absolute atomic E-state index is 12.0. The maximum Gasteiger partial charge on any atom is 0.357 e. The molecule has 2 aromatic rings. The summed E-state index contributed by atoms with van der Waals surface area (Å²) in [5.41, 5.74) is -0.517. The number of carbonyl (C=O) groups is 1. The summed E-state index contributed by atoms with van der Waals surface area (Å²) in [7, 11) is -2.30. The van der Waals surface area contributed by atoms with Gasteiger partial charge in [0.25, 0.3) is 0 Å². The molecule has 0 radical (unpaired) electrons. The van der Waals surface area contributed by atoms with E-state index in [1.165, 1.54) is 30.9 Å². The summed E-state index contributed by atoms with van der Waals surface area (Å²) in [6, 6.07) is 1.59. The van der Waals surface area contributed by atoms with Crippen LogP contribution in [0.25, 0.3) is 11.6 Å². The zero-order valence-corrected chi connectivity index (χ0v) is 11.6. The minimum absolute atomic E-state index is 0.0926. The van der Waals surface area contributed by atoms with Crippen LogP contribution in [0.15, 0.2) is 23.5 Å². The number of aromatic nitrogens is 4. The Balaban J connectivity index is 2.77. The second kappa shape index (κ2) is 5.00. The Morgan fingerprint density at radius 1 is 1.35 bits per heavy atom. The number of carboxylic acid groups (broad SMARTS) is 1. The van der Waals surface area contributed by atoms with Crippen molar-refractivity contribution < 1.29 is 18.3 Å². The van der Waals surface area contributed by atoms with Gasteiger partial charge in [0, 0.05) is 19.4 Å². The van der Waals surface area contributed by atoms with Gasteiger partial charge in [-0.2, -0.15) is 0 Å². The lowest BCUT2D eigenvalue weighted by Crippen LogP contribution is -2.14. The lowest BCUT2D eigenvalue weighted by Gasteiger charge is -2.05. The topological polar surface area (TPSA) is 115 Å². The van der Waals surface area contributed by atoms with Crippen LogP contribution in [0.5, 0.6) is 0 Å². The number of nitrogens with zero attached hydrogens (tertiary/aromatic N) is 4. The molecule has 0 amide bonds. The van der Waals surface area contributed by atoms with Crippen molar-refractivity contribution in [2.24, 2.45) is 7.05 Å². The lowest BCUT2D eigenvalue weighted by molar-refractivity contribution is 0.0686. The van der Waals surface area contributed by atoms with E-state index >= 15 is 0 Å². The van der Waals surface area contributed by atoms with Crippen LogP contribution < -0.4 is 0 Å². The first-order chi connectivity index (χ1) is 9.38. The highest BCUT2D eigenvalue weighted by Gasteiger charge is 2.30. The zero-order chi connectivity index (χ0) is 14.9. The summed E-state index contributed by atoms with van der Waals surface area (Å²) < 4.78 is 25.2. The van der Waals surface area contributed by atoms with Crippen molar-refractivity contribution in [3.8, 4) is 11.6 Å². The van der Waals surface area contributed by atoms with Crippen LogP contribution in [-0.4, -0.2) is 44.8 Å². The first-order valence-corrected chi connectivity index (χ1v) is 7.34. The van der Waals surface area contributed by atoms with Gasteiger partial charge < -0.3 is 9.67 Å². The summed E-state index contributed by atoms with van der Waals surface area (Å²) in [5.74, 6) is -1.37. The predicted octanol–water partition coefficient (Wildman–Crippen LogP) is 0.369. The molecule has 0 saturated heterocycles. The lowest BCUT2D eigenvalue weighted by atomic mass is 10.5. The largest absolute Gasteiger partial charge is 0.476 e. The third kappa shape index (κ3) is 2.27. The smallest absolute Gasteiger partial charge is 0.357 e. The summed E-state index contributed by atoms with van der Waals surface area (Å²) in [4.78, 5) is 23.0. The van der Waals surface area contributed by atoms with Crippen molar-refractivity contribution in [2.75, 3.05) is 5.75 Å². The van der Waals surface area contributed by atoms with Crippen LogP contribution in [0.2, 0.25) is 0 Å². The molecule has 2 aromatic heterocycles. The van der Waals surface area contributed by atoms with E-state index < -0.39 is 21.5 Å². The molecule has 0 aliphatic carbocycles. The molecule has 0 atom stereocenters. The van der Waals surface area contributed by atoms with E-state index in [2.05, 4.69) is 15.0 Å². The standard InChI is InChI=1S/C11H12N4O4S/c1-3-20(18,19)10-7(11(16)17)14-9(15(10)2)8-12-5-4-6-13-8/h4-6H,3H2,1-2H3,(H,16,17). The Morgan fingerprint density at radius 3 is 2.45 bits per heavy atom. The fraction of sp³-hybridized carbons (Fsp3) is 0.273. The summed E-state index contributed by atoms with van der Waals surface area (Å²) in [5, 5.41) is 8.79. The number of sulfone groups is 1. The molecule has 2 heterocycles. The highest BCUT2D eigenvalue weighted by Crippen LogP contribution is 2.23. The van der Waals surface area contributed by atoms with E-state index in [1.807, 2.05) is 0 Å². The van der Waals surface area contributed by atoms with E-state index in [4.69, 9.17) is 5.11 Å². The number of rotatable bonds is 4. The molecule has 8 nitrogen and oxygen atoms in total. The first kappa shape index (κ1) is 14.1. The van der Waals surface area contributed by atoms with Gasteiger partial charge >= 0.3 is 5.97 Å². The Labute approximate surface area is 115 Å². The second-order valence-electron chi connectivity index (χ2n) is 3.93. The molecular weight excluding hydrogens is 284 g/mol. The Morgan fingerprint density at radius 2 is 1.95 bits per heavy atom. The maximum atomic E-state index is 12.0. The number of hydrogen-bond acceptors (Lipinski definition) is 6. The van der Waals surface area contributed by atoms with Gasteiger partial charge in [-0.3, -0.25) is 0 Å². The molecular formula is C11H12N4O4S. The van der Waals surface area contributed by atoms with E-state index in [9.17, 15) is 13.2 Å². The van der Waals surface area contributed by atoms with Gasteiger partial charge in [0.05, 0.1) is 5.75 Å². The van der Waals surface area contributed by atoms with Crippen molar-refractivity contribution in [3.63, 3.8) is 0 Å². The van der Waals surface area contributed by atoms with Gasteiger partial charge in [-0.15, -0.1) is 0 Å². The van der Waals surface area contributed by atoms with Gasteiger partial charge in [-0.1, -0.05) is 6.92 Å². The third-order valence-electron chi connectivity index (χ3n) is 2.69. The third-order valence-corrected chi connectivity index (χ3v) is 4.50. The molecule has 2 rings (SSSR count). The van der Waals surface area contributed by atoms with Gasteiger partial charge in [0.2, 0.25) is 0 Å². The monoisotopic (exact) mass is 296 g/mol. The molecule has 0 aliphatic heterocycles.